The lowest BCUT2D eigenvalue weighted by atomic mass is 9.96. The van der Waals surface area contributed by atoms with Gasteiger partial charge in [0.15, 0.2) is 5.82 Å². The summed E-state index contributed by atoms with van der Waals surface area (Å²) in [5, 5.41) is 6.65. The van der Waals surface area contributed by atoms with Crippen LogP contribution < -0.4 is 5.32 Å². The minimum atomic E-state index is -0.140. The molecule has 0 spiro atoms. The van der Waals surface area contributed by atoms with Crippen molar-refractivity contribution in [1.82, 2.24) is 20.4 Å². The van der Waals surface area contributed by atoms with Gasteiger partial charge >= 0.3 is 0 Å². The van der Waals surface area contributed by atoms with Crippen molar-refractivity contribution >= 4 is 11.8 Å². The van der Waals surface area contributed by atoms with Gasteiger partial charge in [-0.2, -0.15) is 4.98 Å². The van der Waals surface area contributed by atoms with Crippen LogP contribution in [0.4, 0.5) is 0 Å². The summed E-state index contributed by atoms with van der Waals surface area (Å²) in [6.45, 7) is 7.34. The molecule has 2 rings (SSSR count). The summed E-state index contributed by atoms with van der Waals surface area (Å²) in [6, 6.07) is 0. The second kappa shape index (κ2) is 6.24. The number of nitrogens with zero attached hydrogens (tertiary/aromatic N) is 3. The largest absolute Gasteiger partial charge is 0.353 e. The monoisotopic (exact) mass is 294 g/mol. The van der Waals surface area contributed by atoms with Crippen LogP contribution >= 0.6 is 0 Å². The number of aryl methyl sites for hydroxylation is 1. The average Bonchev–Trinajstić information content (AvgIpc) is 2.87. The molecule has 0 atom stereocenters. The van der Waals surface area contributed by atoms with Gasteiger partial charge in [-0.1, -0.05) is 25.9 Å². The minimum absolute atomic E-state index is 0.000380. The molecule has 1 fully saturated rings. The van der Waals surface area contributed by atoms with Crippen molar-refractivity contribution in [1.29, 1.82) is 0 Å². The predicted molar refractivity (Wildman–Crippen MR) is 75.5 cm³/mol. The van der Waals surface area contributed by atoms with Gasteiger partial charge in [0.1, 0.15) is 0 Å². The van der Waals surface area contributed by atoms with E-state index in [0.29, 0.717) is 44.1 Å². The molecule has 1 aromatic rings. The van der Waals surface area contributed by atoms with E-state index >= 15 is 0 Å². The molecule has 0 radical (unpaired) electrons. The summed E-state index contributed by atoms with van der Waals surface area (Å²) in [5.74, 6) is 1.14. The van der Waals surface area contributed by atoms with Gasteiger partial charge < -0.3 is 14.7 Å². The molecule has 116 valence electrons. The summed E-state index contributed by atoms with van der Waals surface area (Å²) in [6.07, 6.45) is 1.61. The van der Waals surface area contributed by atoms with E-state index < -0.39 is 0 Å². The van der Waals surface area contributed by atoms with E-state index in [1.807, 2.05) is 20.8 Å². The van der Waals surface area contributed by atoms with Gasteiger partial charge in [-0.15, -0.1) is 0 Å². The molecule has 7 heteroatoms. The zero-order chi connectivity index (χ0) is 15.5. The van der Waals surface area contributed by atoms with Gasteiger partial charge in [-0.25, -0.2) is 0 Å². The molecule has 0 aliphatic carbocycles. The quantitative estimate of drug-likeness (QED) is 0.880. The van der Waals surface area contributed by atoms with Crippen LogP contribution in [0.5, 0.6) is 0 Å². The van der Waals surface area contributed by atoms with Gasteiger partial charge in [0, 0.05) is 31.3 Å². The lowest BCUT2D eigenvalue weighted by Crippen LogP contribution is -2.49. The van der Waals surface area contributed by atoms with Crippen molar-refractivity contribution in [2.24, 2.45) is 0 Å². The Labute approximate surface area is 124 Å². The molecule has 7 nitrogen and oxygen atoms in total. The third-order valence-corrected chi connectivity index (χ3v) is 3.31. The summed E-state index contributed by atoms with van der Waals surface area (Å²) < 4.78 is 5.19. The normalized spacial score (nSPS) is 16.0. The first-order valence-electron chi connectivity index (χ1n) is 7.24. The van der Waals surface area contributed by atoms with Crippen LogP contribution in [0.15, 0.2) is 4.52 Å². The maximum absolute atomic E-state index is 12.0. The maximum atomic E-state index is 12.0. The number of rotatable bonds is 4. The zero-order valence-electron chi connectivity index (χ0n) is 12.8. The molecule has 2 amide bonds. The SMILES string of the molecule is CC(C)(C)c1noc(CCCC(=O)N2CCNC(=O)C2)n1. The summed E-state index contributed by atoms with van der Waals surface area (Å²) in [5.41, 5.74) is -0.140. The Bertz CT molecular complexity index is 519. The van der Waals surface area contributed by atoms with E-state index in [-0.39, 0.29) is 23.8 Å². The molecule has 1 aliphatic heterocycles. The number of hydrogen-bond donors (Lipinski definition) is 1. The number of nitrogens with one attached hydrogen (secondary N) is 1. The molecular formula is C14H22N4O3. The predicted octanol–water partition coefficient (Wildman–Crippen LogP) is 0.648. The molecular weight excluding hydrogens is 272 g/mol. The fraction of sp³-hybridized carbons (Fsp3) is 0.714. The Hall–Kier alpha value is -1.92. The van der Waals surface area contributed by atoms with Gasteiger partial charge in [0.05, 0.1) is 6.54 Å². The Balaban J connectivity index is 1.77. The summed E-state index contributed by atoms with van der Waals surface area (Å²) >= 11 is 0. The first-order valence-corrected chi connectivity index (χ1v) is 7.24. The van der Waals surface area contributed by atoms with Crippen LogP contribution in [0.2, 0.25) is 0 Å². The Morgan fingerprint density at radius 1 is 1.43 bits per heavy atom. The highest BCUT2D eigenvalue weighted by Gasteiger charge is 2.22. The topological polar surface area (TPSA) is 88.3 Å². The summed E-state index contributed by atoms with van der Waals surface area (Å²) in [7, 11) is 0. The van der Waals surface area contributed by atoms with E-state index in [9.17, 15) is 9.59 Å². The van der Waals surface area contributed by atoms with Crippen LogP contribution in [-0.2, 0) is 21.4 Å². The lowest BCUT2D eigenvalue weighted by Gasteiger charge is -2.26. The van der Waals surface area contributed by atoms with E-state index in [0.717, 1.165) is 0 Å². The average molecular weight is 294 g/mol. The molecule has 1 N–H and O–H groups in total. The van der Waals surface area contributed by atoms with Gasteiger partial charge in [0.25, 0.3) is 0 Å². The highest BCUT2D eigenvalue weighted by molar-refractivity contribution is 5.85. The molecule has 1 aliphatic rings. The Morgan fingerprint density at radius 2 is 2.19 bits per heavy atom. The van der Waals surface area contributed by atoms with Gasteiger partial charge in [-0.05, 0) is 6.42 Å². The molecule has 0 bridgehead atoms. The molecule has 0 unspecified atom stereocenters. The van der Waals surface area contributed by atoms with Crippen molar-refractivity contribution in [3.63, 3.8) is 0 Å². The van der Waals surface area contributed by atoms with E-state index in [4.69, 9.17) is 4.52 Å². The number of carbonyl (C=O) groups is 2. The molecule has 1 aromatic heterocycles. The van der Waals surface area contributed by atoms with Gasteiger partial charge in [0.2, 0.25) is 17.7 Å². The minimum Gasteiger partial charge on any atom is -0.353 e. The number of amides is 2. The van der Waals surface area contributed by atoms with Crippen molar-refractivity contribution < 1.29 is 14.1 Å². The third-order valence-electron chi connectivity index (χ3n) is 3.31. The fourth-order valence-corrected chi connectivity index (χ4v) is 2.06. The van der Waals surface area contributed by atoms with E-state index in [1.54, 1.807) is 4.90 Å². The molecule has 0 saturated carbocycles. The maximum Gasteiger partial charge on any atom is 0.239 e. The Morgan fingerprint density at radius 3 is 2.81 bits per heavy atom. The lowest BCUT2D eigenvalue weighted by molar-refractivity contribution is -0.138. The van der Waals surface area contributed by atoms with E-state index in [1.165, 1.54) is 0 Å². The van der Waals surface area contributed by atoms with Crippen molar-refractivity contribution in [2.75, 3.05) is 19.6 Å². The molecule has 1 saturated heterocycles. The second-order valence-corrected chi connectivity index (χ2v) is 6.28. The van der Waals surface area contributed by atoms with E-state index in [2.05, 4.69) is 15.5 Å². The summed E-state index contributed by atoms with van der Waals surface area (Å²) in [4.78, 5) is 29.1. The zero-order valence-corrected chi connectivity index (χ0v) is 12.8. The van der Waals surface area contributed by atoms with Crippen molar-refractivity contribution in [2.45, 2.75) is 45.4 Å². The fourth-order valence-electron chi connectivity index (χ4n) is 2.06. The van der Waals surface area contributed by atoms with Crippen molar-refractivity contribution in [3.8, 4) is 0 Å². The van der Waals surface area contributed by atoms with Crippen LogP contribution in [-0.4, -0.2) is 46.5 Å². The molecule has 2 heterocycles. The first kappa shape index (κ1) is 15.5. The highest BCUT2D eigenvalue weighted by atomic mass is 16.5. The van der Waals surface area contributed by atoms with Crippen LogP contribution in [0.25, 0.3) is 0 Å². The third kappa shape index (κ3) is 4.27. The molecule has 21 heavy (non-hydrogen) atoms. The van der Waals surface area contributed by atoms with Crippen LogP contribution in [0.3, 0.4) is 0 Å². The highest BCUT2D eigenvalue weighted by Crippen LogP contribution is 2.19. The van der Waals surface area contributed by atoms with Gasteiger partial charge in [-0.3, -0.25) is 9.59 Å². The smallest absolute Gasteiger partial charge is 0.239 e. The second-order valence-electron chi connectivity index (χ2n) is 6.28. The molecule has 0 aromatic carbocycles. The van der Waals surface area contributed by atoms with Crippen LogP contribution in [0, 0.1) is 0 Å². The number of aromatic nitrogens is 2. The standard InChI is InChI=1S/C14H22N4O3/c1-14(2,3)13-16-11(21-17-13)5-4-6-12(20)18-8-7-15-10(19)9-18/h4-9H2,1-3H3,(H,15,19). The number of carbonyl (C=O) groups excluding carboxylic acids is 2. The number of hydrogen-bond acceptors (Lipinski definition) is 5. The Kier molecular flexibility index (Phi) is 4.59. The first-order chi connectivity index (χ1) is 9.86. The van der Waals surface area contributed by atoms with Crippen LogP contribution in [0.1, 0.15) is 45.3 Å². The number of piperazine rings is 1. The van der Waals surface area contributed by atoms with Crippen molar-refractivity contribution in [3.05, 3.63) is 11.7 Å².